The van der Waals surface area contributed by atoms with E-state index >= 15 is 0 Å². The summed E-state index contributed by atoms with van der Waals surface area (Å²) in [4.78, 5) is 15.4. The van der Waals surface area contributed by atoms with Crippen molar-refractivity contribution in [1.29, 1.82) is 0 Å². The van der Waals surface area contributed by atoms with E-state index in [1.165, 1.54) is 12.7 Å². The third kappa shape index (κ3) is 8.49. The van der Waals surface area contributed by atoms with Gasteiger partial charge in [0.05, 0.1) is 7.11 Å². The molecule has 0 aromatic heterocycles. The van der Waals surface area contributed by atoms with E-state index in [-0.39, 0.29) is 24.0 Å². The van der Waals surface area contributed by atoms with Crippen molar-refractivity contribution in [3.05, 3.63) is 64.7 Å². The van der Waals surface area contributed by atoms with Crippen molar-refractivity contribution in [2.45, 2.75) is 13.0 Å². The Labute approximate surface area is 181 Å². The van der Waals surface area contributed by atoms with Crippen molar-refractivity contribution in [3.8, 4) is 0 Å². The Morgan fingerprint density at radius 3 is 2.48 bits per heavy atom. The van der Waals surface area contributed by atoms with Crippen LogP contribution in [0.1, 0.15) is 11.1 Å². The number of halogens is 2. The van der Waals surface area contributed by atoms with Gasteiger partial charge in [-0.3, -0.25) is 10.3 Å². The molecule has 27 heavy (non-hydrogen) atoms. The Kier molecular flexibility index (Phi) is 10.6. The largest absolute Gasteiger partial charge is 0.453 e. The molecule has 0 radical (unpaired) electrons. The molecule has 0 aliphatic carbocycles. The van der Waals surface area contributed by atoms with E-state index < -0.39 is 6.09 Å². The summed E-state index contributed by atoms with van der Waals surface area (Å²) >= 11 is 5.99. The van der Waals surface area contributed by atoms with Crippen LogP contribution in [-0.2, 0) is 17.7 Å². The van der Waals surface area contributed by atoms with Gasteiger partial charge in [-0.1, -0.05) is 35.9 Å². The SMILES string of the molecule is CN=C(NCCc1cccc(Cl)c1)NCc1ccc(NC(=O)OC)cc1.I. The monoisotopic (exact) mass is 502 g/mol. The summed E-state index contributed by atoms with van der Waals surface area (Å²) < 4.78 is 4.56. The first kappa shape index (κ1) is 23.0. The van der Waals surface area contributed by atoms with Gasteiger partial charge in [-0.15, -0.1) is 24.0 Å². The van der Waals surface area contributed by atoms with Crippen LogP contribution in [0.25, 0.3) is 0 Å². The average molecular weight is 503 g/mol. The predicted molar refractivity (Wildman–Crippen MR) is 121 cm³/mol. The molecule has 0 saturated heterocycles. The molecule has 0 saturated carbocycles. The molecule has 146 valence electrons. The molecule has 0 spiro atoms. The molecule has 2 rings (SSSR count). The van der Waals surface area contributed by atoms with Crippen LogP contribution in [0.5, 0.6) is 0 Å². The molecule has 0 aliphatic heterocycles. The normalized spacial score (nSPS) is 10.6. The van der Waals surface area contributed by atoms with E-state index in [9.17, 15) is 4.79 Å². The predicted octanol–water partition coefficient (Wildman–Crippen LogP) is 4.04. The molecule has 1 amide bonds. The minimum Gasteiger partial charge on any atom is -0.453 e. The van der Waals surface area contributed by atoms with E-state index in [0.717, 1.165) is 29.5 Å². The number of aliphatic imine (C=N–C) groups is 1. The molecule has 0 fully saturated rings. The second kappa shape index (κ2) is 12.4. The van der Waals surface area contributed by atoms with Crippen molar-refractivity contribution in [1.82, 2.24) is 10.6 Å². The van der Waals surface area contributed by atoms with Gasteiger partial charge in [-0.25, -0.2) is 4.79 Å². The van der Waals surface area contributed by atoms with Gasteiger partial charge < -0.3 is 15.4 Å². The summed E-state index contributed by atoms with van der Waals surface area (Å²) in [6.45, 7) is 1.37. The van der Waals surface area contributed by atoms with Crippen molar-refractivity contribution >= 4 is 53.3 Å². The highest BCUT2D eigenvalue weighted by molar-refractivity contribution is 14.0. The quantitative estimate of drug-likeness (QED) is 0.317. The van der Waals surface area contributed by atoms with Crippen LogP contribution in [0.3, 0.4) is 0 Å². The molecule has 0 atom stereocenters. The maximum Gasteiger partial charge on any atom is 0.411 e. The minimum atomic E-state index is -0.486. The van der Waals surface area contributed by atoms with Crippen LogP contribution in [-0.4, -0.2) is 32.8 Å². The Morgan fingerprint density at radius 2 is 1.85 bits per heavy atom. The van der Waals surface area contributed by atoms with Gasteiger partial charge >= 0.3 is 6.09 Å². The fourth-order valence-electron chi connectivity index (χ4n) is 2.30. The number of rotatable bonds is 6. The maximum atomic E-state index is 11.2. The number of anilines is 1. The van der Waals surface area contributed by atoms with E-state index in [2.05, 4.69) is 25.7 Å². The molecule has 2 aromatic rings. The number of hydrogen-bond acceptors (Lipinski definition) is 3. The number of benzene rings is 2. The highest BCUT2D eigenvalue weighted by atomic mass is 127. The van der Waals surface area contributed by atoms with E-state index in [1.54, 1.807) is 7.05 Å². The number of nitrogens with one attached hydrogen (secondary N) is 3. The highest BCUT2D eigenvalue weighted by Crippen LogP contribution is 2.11. The fraction of sp³-hybridized carbons (Fsp3) is 0.263. The lowest BCUT2D eigenvalue weighted by Crippen LogP contribution is -2.37. The average Bonchev–Trinajstić information content (AvgIpc) is 2.65. The maximum absolute atomic E-state index is 11.2. The molecule has 0 heterocycles. The zero-order chi connectivity index (χ0) is 18.8. The van der Waals surface area contributed by atoms with Gasteiger partial charge in [0.15, 0.2) is 5.96 Å². The molecule has 6 nitrogen and oxygen atoms in total. The Hall–Kier alpha value is -2.00. The van der Waals surface area contributed by atoms with Crippen LogP contribution in [0.2, 0.25) is 5.02 Å². The van der Waals surface area contributed by atoms with Crippen molar-refractivity contribution in [2.24, 2.45) is 4.99 Å². The molecule has 0 aliphatic rings. The second-order valence-corrected chi connectivity index (χ2v) is 5.98. The number of amides is 1. The second-order valence-electron chi connectivity index (χ2n) is 5.55. The number of nitrogens with zero attached hydrogens (tertiary/aromatic N) is 1. The number of carbonyl (C=O) groups excluding carboxylic acids is 1. The molecule has 3 N–H and O–H groups in total. The summed E-state index contributed by atoms with van der Waals surface area (Å²) in [5, 5.41) is 9.89. The summed E-state index contributed by atoms with van der Waals surface area (Å²) in [5.74, 6) is 0.726. The summed E-state index contributed by atoms with van der Waals surface area (Å²) in [6.07, 6.45) is 0.370. The first-order chi connectivity index (χ1) is 12.6. The van der Waals surface area contributed by atoms with Crippen LogP contribution < -0.4 is 16.0 Å². The summed E-state index contributed by atoms with van der Waals surface area (Å²) in [6, 6.07) is 15.3. The van der Waals surface area contributed by atoms with Crippen LogP contribution in [0.4, 0.5) is 10.5 Å². The van der Waals surface area contributed by atoms with Crippen molar-refractivity contribution in [3.63, 3.8) is 0 Å². The number of carbonyl (C=O) groups is 1. The van der Waals surface area contributed by atoms with Gasteiger partial charge in [0.25, 0.3) is 0 Å². The molecule has 0 unspecified atom stereocenters. The Bertz CT molecular complexity index is 754. The topological polar surface area (TPSA) is 74.8 Å². The molecule has 0 bridgehead atoms. The number of ether oxygens (including phenoxy) is 1. The van der Waals surface area contributed by atoms with Crippen LogP contribution >= 0.6 is 35.6 Å². The number of guanidine groups is 1. The fourth-order valence-corrected chi connectivity index (χ4v) is 2.51. The van der Waals surface area contributed by atoms with Crippen molar-refractivity contribution < 1.29 is 9.53 Å². The first-order valence-corrected chi connectivity index (χ1v) is 8.61. The Morgan fingerprint density at radius 1 is 1.11 bits per heavy atom. The van der Waals surface area contributed by atoms with Gasteiger partial charge in [0.1, 0.15) is 0 Å². The van der Waals surface area contributed by atoms with Crippen molar-refractivity contribution in [2.75, 3.05) is 26.0 Å². The minimum absolute atomic E-state index is 0. The van der Waals surface area contributed by atoms with Crippen LogP contribution in [0, 0.1) is 0 Å². The highest BCUT2D eigenvalue weighted by Gasteiger charge is 2.02. The van der Waals surface area contributed by atoms with E-state index in [1.807, 2.05) is 48.5 Å². The van der Waals surface area contributed by atoms with Gasteiger partial charge in [-0.05, 0) is 41.8 Å². The van der Waals surface area contributed by atoms with Gasteiger partial charge in [0.2, 0.25) is 0 Å². The third-order valence-corrected chi connectivity index (χ3v) is 3.90. The summed E-state index contributed by atoms with van der Waals surface area (Å²) in [7, 11) is 3.07. The lowest BCUT2D eigenvalue weighted by atomic mass is 10.1. The smallest absolute Gasteiger partial charge is 0.411 e. The Balaban J connectivity index is 0.00000364. The lowest BCUT2D eigenvalue weighted by molar-refractivity contribution is 0.187. The molecular formula is C19H24ClIN4O2. The number of methoxy groups -OCH3 is 1. The molecular weight excluding hydrogens is 479 g/mol. The zero-order valence-electron chi connectivity index (χ0n) is 15.3. The summed E-state index contributed by atoms with van der Waals surface area (Å²) in [5.41, 5.74) is 2.93. The van der Waals surface area contributed by atoms with E-state index in [4.69, 9.17) is 11.6 Å². The van der Waals surface area contributed by atoms with Crippen LogP contribution in [0.15, 0.2) is 53.5 Å². The molecule has 8 heteroatoms. The standard InChI is InChI=1S/C19H23ClN4O2.HI/c1-21-18(22-11-10-14-4-3-5-16(20)12-14)23-13-15-6-8-17(9-7-15)24-19(25)26-2;/h3-9,12H,10-11,13H2,1-2H3,(H,24,25)(H2,21,22,23);1H. The van der Waals surface area contributed by atoms with Gasteiger partial charge in [-0.2, -0.15) is 0 Å². The lowest BCUT2D eigenvalue weighted by Gasteiger charge is -2.12. The van der Waals surface area contributed by atoms with E-state index in [0.29, 0.717) is 12.2 Å². The number of hydrogen-bond donors (Lipinski definition) is 3. The van der Waals surface area contributed by atoms with Gasteiger partial charge in [0, 0.05) is 30.8 Å². The zero-order valence-corrected chi connectivity index (χ0v) is 18.4. The third-order valence-electron chi connectivity index (χ3n) is 3.66. The first-order valence-electron chi connectivity index (χ1n) is 8.23. The molecule has 2 aromatic carbocycles.